The van der Waals surface area contributed by atoms with E-state index in [1.807, 2.05) is 12.1 Å². The van der Waals surface area contributed by atoms with Gasteiger partial charge in [0.25, 0.3) is 0 Å². The van der Waals surface area contributed by atoms with Crippen LogP contribution in [0.1, 0.15) is 71.7 Å². The number of benzene rings is 1. The molecule has 2 heteroatoms. The molecule has 0 heterocycles. The summed E-state index contributed by atoms with van der Waals surface area (Å²) in [6.45, 7) is 2.19. The smallest absolute Gasteiger partial charge is 0.167 e. The average molecular weight is 296 g/mol. The second kappa shape index (κ2) is 5.33. The molecule has 0 spiro atoms. The van der Waals surface area contributed by atoms with E-state index in [2.05, 4.69) is 13.0 Å². The minimum absolute atomic E-state index is 0.00430. The van der Waals surface area contributed by atoms with Gasteiger partial charge < -0.3 is 0 Å². The average Bonchev–Trinajstić information content (AvgIpc) is 3.14. The summed E-state index contributed by atoms with van der Waals surface area (Å²) in [7, 11) is 0. The molecule has 0 N–H and O–H groups in total. The van der Waals surface area contributed by atoms with Crippen LogP contribution in [-0.2, 0) is 6.42 Å². The van der Waals surface area contributed by atoms with Crippen LogP contribution in [0.5, 0.6) is 0 Å². The summed E-state index contributed by atoms with van der Waals surface area (Å²) in [5.74, 6) is 1.52. The number of hydrogen-bond donors (Lipinski definition) is 0. The summed E-state index contributed by atoms with van der Waals surface area (Å²) in [6.07, 6.45) is 7.80. The van der Waals surface area contributed by atoms with E-state index >= 15 is 0 Å². The third-order valence-corrected chi connectivity index (χ3v) is 6.23. The summed E-state index contributed by atoms with van der Waals surface area (Å²) in [4.78, 5) is 26.1. The molecule has 2 fully saturated rings. The van der Waals surface area contributed by atoms with Crippen molar-refractivity contribution in [1.29, 1.82) is 0 Å². The summed E-state index contributed by atoms with van der Waals surface area (Å²) in [6, 6.07) is 5.92. The standard InChI is InChI=1S/C20H24O2/c1-2-3-4-6-12-7-5-8-15-16(12)20(22)18-14-10-9-13(11-14)17(18)19(15)21/h5,7-8,13-14,17-18H,2-4,6,9-11H2,1H3. The Hall–Kier alpha value is -1.44. The monoisotopic (exact) mass is 296 g/mol. The van der Waals surface area contributed by atoms with Crippen molar-refractivity contribution in [3.05, 3.63) is 34.9 Å². The highest BCUT2D eigenvalue weighted by atomic mass is 16.1. The van der Waals surface area contributed by atoms with Crippen LogP contribution in [0.25, 0.3) is 0 Å². The lowest BCUT2D eigenvalue weighted by Gasteiger charge is -2.34. The summed E-state index contributed by atoms with van der Waals surface area (Å²) in [5, 5.41) is 0. The van der Waals surface area contributed by atoms with E-state index in [0.29, 0.717) is 17.6 Å². The highest BCUT2D eigenvalue weighted by molar-refractivity contribution is 6.17. The summed E-state index contributed by atoms with van der Waals surface area (Å²) >= 11 is 0. The maximum absolute atomic E-state index is 13.1. The van der Waals surface area contributed by atoms with Gasteiger partial charge in [-0.3, -0.25) is 9.59 Å². The molecular weight excluding hydrogens is 272 g/mol. The Kier molecular flexibility index (Phi) is 3.43. The van der Waals surface area contributed by atoms with Crippen molar-refractivity contribution < 1.29 is 9.59 Å². The number of unbranched alkanes of at least 4 members (excludes halogenated alkanes) is 2. The zero-order chi connectivity index (χ0) is 15.3. The van der Waals surface area contributed by atoms with E-state index in [0.717, 1.165) is 48.8 Å². The third kappa shape index (κ3) is 1.92. The Morgan fingerprint density at radius 1 is 1.00 bits per heavy atom. The Labute approximate surface area is 132 Å². The van der Waals surface area contributed by atoms with Crippen molar-refractivity contribution in [1.82, 2.24) is 0 Å². The zero-order valence-electron chi connectivity index (χ0n) is 13.3. The van der Waals surface area contributed by atoms with Gasteiger partial charge in [-0.2, -0.15) is 0 Å². The molecule has 22 heavy (non-hydrogen) atoms. The number of ketones is 2. The SMILES string of the molecule is CCCCCc1cccc2c1C(=O)C1C3CCC(C3)C1C2=O. The fraction of sp³-hybridized carbons (Fsp3) is 0.600. The second-order valence-corrected chi connectivity index (χ2v) is 7.41. The van der Waals surface area contributed by atoms with Crippen LogP contribution < -0.4 is 0 Å². The van der Waals surface area contributed by atoms with Gasteiger partial charge in [0.2, 0.25) is 0 Å². The first-order chi connectivity index (χ1) is 10.7. The Morgan fingerprint density at radius 2 is 1.73 bits per heavy atom. The van der Waals surface area contributed by atoms with E-state index in [4.69, 9.17) is 0 Å². The first kappa shape index (κ1) is 14.2. The van der Waals surface area contributed by atoms with Gasteiger partial charge in [0.15, 0.2) is 11.6 Å². The number of Topliss-reactive ketones (excluding diaryl/α,β-unsaturated/α-hetero) is 2. The van der Waals surface area contributed by atoms with Crippen LogP contribution in [-0.4, -0.2) is 11.6 Å². The molecule has 1 aromatic carbocycles. The van der Waals surface area contributed by atoms with Gasteiger partial charge >= 0.3 is 0 Å². The maximum Gasteiger partial charge on any atom is 0.167 e. The van der Waals surface area contributed by atoms with Crippen LogP contribution in [0.2, 0.25) is 0 Å². The van der Waals surface area contributed by atoms with Gasteiger partial charge in [0, 0.05) is 23.0 Å². The molecule has 116 valence electrons. The number of carbonyl (C=O) groups is 2. The first-order valence-corrected chi connectivity index (χ1v) is 8.92. The lowest BCUT2D eigenvalue weighted by atomic mass is 9.66. The van der Waals surface area contributed by atoms with Gasteiger partial charge in [-0.1, -0.05) is 38.0 Å². The highest BCUT2D eigenvalue weighted by Crippen LogP contribution is 2.56. The zero-order valence-corrected chi connectivity index (χ0v) is 13.3. The van der Waals surface area contributed by atoms with Crippen molar-refractivity contribution in [2.75, 3.05) is 0 Å². The van der Waals surface area contributed by atoms with Crippen molar-refractivity contribution in [2.24, 2.45) is 23.7 Å². The second-order valence-electron chi connectivity index (χ2n) is 7.41. The van der Waals surface area contributed by atoms with Crippen molar-refractivity contribution in [2.45, 2.75) is 51.9 Å². The van der Waals surface area contributed by atoms with E-state index in [9.17, 15) is 9.59 Å². The Morgan fingerprint density at radius 3 is 2.45 bits per heavy atom. The molecule has 0 aromatic heterocycles. The lowest BCUT2D eigenvalue weighted by Crippen LogP contribution is -2.40. The van der Waals surface area contributed by atoms with Gasteiger partial charge in [0.05, 0.1) is 0 Å². The maximum atomic E-state index is 13.1. The van der Waals surface area contributed by atoms with E-state index in [1.54, 1.807) is 0 Å². The number of rotatable bonds is 4. The van der Waals surface area contributed by atoms with Crippen molar-refractivity contribution in [3.8, 4) is 0 Å². The molecule has 2 nitrogen and oxygen atoms in total. The quantitative estimate of drug-likeness (QED) is 0.769. The largest absolute Gasteiger partial charge is 0.294 e. The number of aryl methyl sites for hydroxylation is 1. The van der Waals surface area contributed by atoms with Crippen LogP contribution >= 0.6 is 0 Å². The molecule has 4 unspecified atom stereocenters. The van der Waals surface area contributed by atoms with Crippen LogP contribution in [0.3, 0.4) is 0 Å². The summed E-state index contributed by atoms with van der Waals surface area (Å²) < 4.78 is 0. The molecule has 2 bridgehead atoms. The van der Waals surface area contributed by atoms with Crippen LogP contribution in [0.4, 0.5) is 0 Å². The molecule has 3 aliphatic rings. The predicted octanol–water partition coefficient (Wildman–Crippen LogP) is 4.46. The van der Waals surface area contributed by atoms with Gasteiger partial charge in [0.1, 0.15) is 0 Å². The van der Waals surface area contributed by atoms with Crippen molar-refractivity contribution >= 4 is 11.6 Å². The third-order valence-electron chi connectivity index (χ3n) is 6.23. The molecule has 0 radical (unpaired) electrons. The molecular formula is C20H24O2. The first-order valence-electron chi connectivity index (χ1n) is 8.92. The molecule has 4 atom stereocenters. The number of fused-ring (bicyclic) bond motifs is 6. The normalized spacial score (nSPS) is 32.2. The Bertz CT molecular complexity index is 631. The molecule has 0 aliphatic heterocycles. The Balaban J connectivity index is 1.74. The minimum Gasteiger partial charge on any atom is -0.294 e. The topological polar surface area (TPSA) is 34.1 Å². The molecule has 3 aliphatic carbocycles. The lowest BCUT2D eigenvalue weighted by molar-refractivity contribution is 0.0660. The van der Waals surface area contributed by atoms with Gasteiger partial charge in [-0.05, 0) is 49.5 Å². The van der Waals surface area contributed by atoms with E-state index < -0.39 is 0 Å². The molecule has 4 rings (SSSR count). The molecule has 2 saturated carbocycles. The predicted molar refractivity (Wildman–Crippen MR) is 86.1 cm³/mol. The van der Waals surface area contributed by atoms with Crippen LogP contribution in [0.15, 0.2) is 18.2 Å². The number of carbonyl (C=O) groups excluding carboxylic acids is 2. The van der Waals surface area contributed by atoms with Crippen molar-refractivity contribution in [3.63, 3.8) is 0 Å². The van der Waals surface area contributed by atoms with Gasteiger partial charge in [-0.15, -0.1) is 0 Å². The fourth-order valence-corrected chi connectivity index (χ4v) is 5.26. The van der Waals surface area contributed by atoms with E-state index in [1.165, 1.54) is 12.8 Å². The van der Waals surface area contributed by atoms with Gasteiger partial charge in [-0.25, -0.2) is 0 Å². The number of hydrogen-bond acceptors (Lipinski definition) is 2. The highest BCUT2D eigenvalue weighted by Gasteiger charge is 2.56. The summed E-state index contributed by atoms with van der Waals surface area (Å²) in [5.41, 5.74) is 2.63. The minimum atomic E-state index is 0.00430. The molecule has 1 aromatic rings. The fourth-order valence-electron chi connectivity index (χ4n) is 5.26. The molecule has 0 amide bonds. The van der Waals surface area contributed by atoms with E-state index in [-0.39, 0.29) is 17.6 Å². The van der Waals surface area contributed by atoms with Crippen LogP contribution in [0, 0.1) is 23.7 Å². The molecule has 0 saturated heterocycles.